The van der Waals surface area contributed by atoms with E-state index in [-0.39, 0.29) is 18.4 Å². The SMILES string of the molecule is CC(C)(C)OC(=O)N1CC[C@@H](O)[C@@H](CC#N)C1. The lowest BCUT2D eigenvalue weighted by Gasteiger charge is -2.36. The number of amides is 1. The number of nitrogens with zero attached hydrogens (tertiary/aromatic N) is 2. The summed E-state index contributed by atoms with van der Waals surface area (Å²) in [5.74, 6) is -0.165. The van der Waals surface area contributed by atoms with Crippen LogP contribution in [0.25, 0.3) is 0 Å². The summed E-state index contributed by atoms with van der Waals surface area (Å²) in [5.41, 5.74) is -0.516. The minimum Gasteiger partial charge on any atom is -0.444 e. The molecule has 0 spiro atoms. The predicted octanol–water partition coefficient (Wildman–Crippen LogP) is 1.52. The summed E-state index contributed by atoms with van der Waals surface area (Å²) in [6.07, 6.45) is -0.0906. The van der Waals surface area contributed by atoms with E-state index in [1.165, 1.54) is 0 Å². The largest absolute Gasteiger partial charge is 0.444 e. The molecule has 1 amide bonds. The summed E-state index contributed by atoms with van der Waals surface area (Å²) in [6.45, 7) is 6.32. The summed E-state index contributed by atoms with van der Waals surface area (Å²) < 4.78 is 5.26. The van der Waals surface area contributed by atoms with Gasteiger partial charge in [0, 0.05) is 25.4 Å². The van der Waals surface area contributed by atoms with Gasteiger partial charge in [0.2, 0.25) is 0 Å². The molecular formula is C12H20N2O3. The Kier molecular flexibility index (Phi) is 4.35. The van der Waals surface area contributed by atoms with Crippen molar-refractivity contribution in [1.29, 1.82) is 5.26 Å². The van der Waals surface area contributed by atoms with E-state index < -0.39 is 11.7 Å². The van der Waals surface area contributed by atoms with Gasteiger partial charge in [-0.15, -0.1) is 0 Å². The number of carbonyl (C=O) groups excluding carboxylic acids is 1. The fourth-order valence-corrected chi connectivity index (χ4v) is 1.83. The first-order valence-corrected chi connectivity index (χ1v) is 5.86. The maximum atomic E-state index is 11.8. The molecule has 0 aromatic heterocycles. The standard InChI is InChI=1S/C12H20N2O3/c1-12(2,3)17-11(16)14-7-5-10(15)9(8-14)4-6-13/h9-10,15H,4-5,7-8H2,1-3H3/t9-,10+/m0/s1. The molecule has 0 radical (unpaired) electrons. The molecule has 1 heterocycles. The van der Waals surface area contributed by atoms with Crippen molar-refractivity contribution < 1.29 is 14.6 Å². The first-order valence-electron chi connectivity index (χ1n) is 5.86. The van der Waals surface area contributed by atoms with Gasteiger partial charge in [-0.1, -0.05) is 0 Å². The van der Waals surface area contributed by atoms with Gasteiger partial charge in [0.25, 0.3) is 0 Å². The highest BCUT2D eigenvalue weighted by Crippen LogP contribution is 2.21. The van der Waals surface area contributed by atoms with E-state index >= 15 is 0 Å². The van der Waals surface area contributed by atoms with Crippen LogP contribution in [0.1, 0.15) is 33.6 Å². The highest BCUT2D eigenvalue weighted by molar-refractivity contribution is 5.68. The van der Waals surface area contributed by atoms with Crippen molar-refractivity contribution >= 4 is 6.09 Å². The molecule has 1 aliphatic heterocycles. The zero-order chi connectivity index (χ0) is 13.1. The van der Waals surface area contributed by atoms with E-state index in [0.29, 0.717) is 19.5 Å². The molecule has 0 bridgehead atoms. The van der Waals surface area contributed by atoms with Gasteiger partial charge in [0.1, 0.15) is 5.60 Å². The summed E-state index contributed by atoms with van der Waals surface area (Å²) in [5, 5.41) is 18.4. The maximum Gasteiger partial charge on any atom is 0.410 e. The number of nitriles is 1. The highest BCUT2D eigenvalue weighted by atomic mass is 16.6. The Morgan fingerprint density at radius 3 is 2.76 bits per heavy atom. The molecule has 5 heteroatoms. The van der Waals surface area contributed by atoms with Crippen LogP contribution < -0.4 is 0 Å². The van der Waals surface area contributed by atoms with E-state index in [1.807, 2.05) is 26.8 Å². The van der Waals surface area contributed by atoms with Crippen LogP contribution in [0.15, 0.2) is 0 Å². The highest BCUT2D eigenvalue weighted by Gasteiger charge is 2.32. The molecule has 5 nitrogen and oxygen atoms in total. The number of hydrogen-bond acceptors (Lipinski definition) is 4. The number of likely N-dealkylation sites (tertiary alicyclic amines) is 1. The normalized spacial score (nSPS) is 25.2. The van der Waals surface area contributed by atoms with Gasteiger partial charge in [-0.05, 0) is 27.2 Å². The second-order valence-corrected chi connectivity index (χ2v) is 5.40. The van der Waals surface area contributed by atoms with Crippen molar-refractivity contribution in [3.05, 3.63) is 0 Å². The first kappa shape index (κ1) is 13.8. The fourth-order valence-electron chi connectivity index (χ4n) is 1.83. The first-order chi connectivity index (χ1) is 7.83. The zero-order valence-electron chi connectivity index (χ0n) is 10.6. The van der Waals surface area contributed by atoms with Gasteiger partial charge in [0.05, 0.1) is 12.2 Å². The number of ether oxygens (including phenoxy) is 1. The van der Waals surface area contributed by atoms with E-state index in [1.54, 1.807) is 4.90 Å². The van der Waals surface area contributed by atoms with Crippen molar-refractivity contribution in [3.63, 3.8) is 0 Å². The van der Waals surface area contributed by atoms with Crippen LogP contribution >= 0.6 is 0 Å². The molecule has 1 aliphatic rings. The molecule has 2 atom stereocenters. The number of aliphatic hydroxyl groups excluding tert-OH is 1. The van der Waals surface area contributed by atoms with Crippen LogP contribution in [-0.4, -0.2) is 40.9 Å². The van der Waals surface area contributed by atoms with Crippen LogP contribution in [0.5, 0.6) is 0 Å². The van der Waals surface area contributed by atoms with E-state index in [0.717, 1.165) is 0 Å². The van der Waals surface area contributed by atoms with Gasteiger partial charge in [0.15, 0.2) is 0 Å². The Balaban J connectivity index is 2.56. The maximum absolute atomic E-state index is 11.8. The van der Waals surface area contributed by atoms with E-state index in [4.69, 9.17) is 10.00 Å². The molecule has 0 saturated carbocycles. The Labute approximate surface area is 102 Å². The van der Waals surface area contributed by atoms with Crippen molar-refractivity contribution in [2.45, 2.75) is 45.3 Å². The monoisotopic (exact) mass is 240 g/mol. The number of carbonyl (C=O) groups is 1. The van der Waals surface area contributed by atoms with Gasteiger partial charge >= 0.3 is 6.09 Å². The third kappa shape index (κ3) is 4.23. The fraction of sp³-hybridized carbons (Fsp3) is 0.833. The lowest BCUT2D eigenvalue weighted by Crippen LogP contribution is -2.47. The smallest absolute Gasteiger partial charge is 0.410 e. The molecule has 1 N–H and O–H groups in total. The topological polar surface area (TPSA) is 73.6 Å². The summed E-state index contributed by atoms with van der Waals surface area (Å²) >= 11 is 0. The molecule has 0 aliphatic carbocycles. The lowest BCUT2D eigenvalue weighted by molar-refractivity contribution is -0.00743. The number of hydrogen-bond donors (Lipinski definition) is 1. The lowest BCUT2D eigenvalue weighted by atomic mass is 9.92. The van der Waals surface area contributed by atoms with Gasteiger partial charge in [-0.2, -0.15) is 5.26 Å². The third-order valence-electron chi connectivity index (χ3n) is 2.70. The molecular weight excluding hydrogens is 220 g/mol. The molecule has 17 heavy (non-hydrogen) atoms. The second-order valence-electron chi connectivity index (χ2n) is 5.40. The van der Waals surface area contributed by atoms with Crippen molar-refractivity contribution in [1.82, 2.24) is 4.90 Å². The number of piperidine rings is 1. The molecule has 0 unspecified atom stereocenters. The number of aliphatic hydroxyl groups is 1. The minimum absolute atomic E-state index is 0.165. The van der Waals surface area contributed by atoms with Crippen LogP contribution in [-0.2, 0) is 4.74 Å². The Morgan fingerprint density at radius 1 is 1.59 bits per heavy atom. The van der Waals surface area contributed by atoms with Crippen LogP contribution in [0.4, 0.5) is 4.79 Å². The van der Waals surface area contributed by atoms with Gasteiger partial charge in [-0.3, -0.25) is 0 Å². The molecule has 1 fully saturated rings. The van der Waals surface area contributed by atoms with Crippen LogP contribution in [0.2, 0.25) is 0 Å². The average Bonchev–Trinajstić information content (AvgIpc) is 2.19. The predicted molar refractivity (Wildman–Crippen MR) is 62.2 cm³/mol. The van der Waals surface area contributed by atoms with Crippen molar-refractivity contribution in [2.24, 2.45) is 5.92 Å². The summed E-state index contributed by atoms with van der Waals surface area (Å²) in [4.78, 5) is 13.4. The second kappa shape index (κ2) is 5.37. The molecule has 0 aromatic carbocycles. The van der Waals surface area contributed by atoms with Crippen LogP contribution in [0.3, 0.4) is 0 Å². The van der Waals surface area contributed by atoms with E-state index in [9.17, 15) is 9.90 Å². The zero-order valence-corrected chi connectivity index (χ0v) is 10.6. The Hall–Kier alpha value is -1.28. The molecule has 1 saturated heterocycles. The van der Waals surface area contributed by atoms with Crippen molar-refractivity contribution in [2.75, 3.05) is 13.1 Å². The van der Waals surface area contributed by atoms with Crippen LogP contribution in [0, 0.1) is 17.2 Å². The molecule has 96 valence electrons. The molecule has 1 rings (SSSR count). The van der Waals surface area contributed by atoms with E-state index in [2.05, 4.69) is 0 Å². The number of rotatable bonds is 1. The quantitative estimate of drug-likeness (QED) is 0.754. The molecule has 0 aromatic rings. The average molecular weight is 240 g/mol. The third-order valence-corrected chi connectivity index (χ3v) is 2.70. The Bertz CT molecular complexity index is 317. The summed E-state index contributed by atoms with van der Waals surface area (Å²) in [7, 11) is 0. The van der Waals surface area contributed by atoms with Gasteiger partial charge < -0.3 is 14.7 Å². The van der Waals surface area contributed by atoms with Crippen molar-refractivity contribution in [3.8, 4) is 6.07 Å². The van der Waals surface area contributed by atoms with Gasteiger partial charge in [-0.25, -0.2) is 4.79 Å². The Morgan fingerprint density at radius 2 is 2.24 bits per heavy atom. The minimum atomic E-state index is -0.516. The summed E-state index contributed by atoms with van der Waals surface area (Å²) in [6, 6.07) is 2.04.